The molecule has 3 nitrogen and oxygen atoms in total. The van der Waals surface area contributed by atoms with Crippen molar-refractivity contribution in [3.05, 3.63) is 30.0 Å². The van der Waals surface area contributed by atoms with E-state index in [0.29, 0.717) is 18.1 Å². The Hall–Kier alpha value is -1.77. The highest BCUT2D eigenvalue weighted by atomic mass is 16.5. The number of aromatic amines is 1. The highest BCUT2D eigenvalue weighted by Gasteiger charge is 2.08. The van der Waals surface area contributed by atoms with Crippen molar-refractivity contribution in [1.82, 2.24) is 4.98 Å². The third-order valence-corrected chi connectivity index (χ3v) is 2.48. The molecule has 0 saturated carbocycles. The lowest BCUT2D eigenvalue weighted by atomic mass is 9.99. The number of carbonyl (C=O) groups is 1. The molecule has 0 saturated heterocycles. The molecule has 1 aromatic carbocycles. The number of ether oxygens (including phenoxy) is 1. The van der Waals surface area contributed by atoms with Gasteiger partial charge in [-0.25, -0.2) is 0 Å². The highest BCUT2D eigenvalue weighted by molar-refractivity contribution is 5.85. The molecule has 0 amide bonds. The third-order valence-electron chi connectivity index (χ3n) is 2.48. The van der Waals surface area contributed by atoms with E-state index in [-0.39, 0.29) is 0 Å². The van der Waals surface area contributed by atoms with E-state index in [1.54, 1.807) is 0 Å². The molecular weight excluding hydrogens is 190 g/mol. The second-order valence-electron chi connectivity index (χ2n) is 3.82. The first kappa shape index (κ1) is 9.77. The van der Waals surface area contributed by atoms with E-state index in [4.69, 9.17) is 4.74 Å². The first-order chi connectivity index (χ1) is 7.22. The van der Waals surface area contributed by atoms with Crippen molar-refractivity contribution in [2.45, 2.75) is 19.8 Å². The van der Waals surface area contributed by atoms with E-state index in [9.17, 15) is 4.79 Å². The van der Waals surface area contributed by atoms with Gasteiger partial charge in [-0.2, -0.15) is 0 Å². The van der Waals surface area contributed by atoms with E-state index >= 15 is 0 Å². The molecule has 0 atom stereocenters. The molecule has 0 bridgehead atoms. The number of aromatic nitrogens is 1. The number of nitrogens with one attached hydrogen (secondary N) is 1. The first-order valence-corrected chi connectivity index (χ1v) is 4.93. The molecule has 1 N–H and O–H groups in total. The molecule has 2 aromatic rings. The summed E-state index contributed by atoms with van der Waals surface area (Å²) < 4.78 is 4.87. The van der Waals surface area contributed by atoms with E-state index in [0.717, 1.165) is 5.52 Å². The van der Waals surface area contributed by atoms with Crippen LogP contribution in [0.5, 0.6) is 5.75 Å². The van der Waals surface area contributed by atoms with Crippen LogP contribution in [0.4, 0.5) is 0 Å². The van der Waals surface area contributed by atoms with Crippen LogP contribution in [0.25, 0.3) is 10.9 Å². The third kappa shape index (κ3) is 1.73. The number of carbonyl (C=O) groups excluding carboxylic acids is 1. The highest BCUT2D eigenvalue weighted by Crippen LogP contribution is 2.29. The van der Waals surface area contributed by atoms with Crippen LogP contribution in [-0.2, 0) is 4.79 Å². The van der Waals surface area contributed by atoms with Crippen LogP contribution in [0.1, 0.15) is 25.3 Å². The minimum atomic E-state index is 0.401. The van der Waals surface area contributed by atoms with Gasteiger partial charge in [0.2, 0.25) is 0 Å². The van der Waals surface area contributed by atoms with Gasteiger partial charge in [0, 0.05) is 23.2 Å². The Kier molecular flexibility index (Phi) is 2.46. The molecule has 0 aliphatic carbocycles. The quantitative estimate of drug-likeness (QED) is 0.779. The van der Waals surface area contributed by atoms with Gasteiger partial charge in [0.25, 0.3) is 6.47 Å². The van der Waals surface area contributed by atoms with Gasteiger partial charge in [-0.05, 0) is 23.6 Å². The second-order valence-corrected chi connectivity index (χ2v) is 3.82. The molecule has 0 fully saturated rings. The summed E-state index contributed by atoms with van der Waals surface area (Å²) in [5.74, 6) is 0.988. The zero-order valence-corrected chi connectivity index (χ0v) is 8.78. The van der Waals surface area contributed by atoms with Crippen molar-refractivity contribution in [3.8, 4) is 5.75 Å². The molecule has 0 aliphatic heterocycles. The molecule has 0 spiro atoms. The molecule has 78 valence electrons. The zero-order chi connectivity index (χ0) is 10.8. The summed E-state index contributed by atoms with van der Waals surface area (Å²) in [5, 5.41) is 1.18. The minimum Gasteiger partial charge on any atom is -0.429 e. The van der Waals surface area contributed by atoms with Gasteiger partial charge < -0.3 is 9.72 Å². The van der Waals surface area contributed by atoms with Gasteiger partial charge in [-0.3, -0.25) is 4.79 Å². The van der Waals surface area contributed by atoms with Crippen molar-refractivity contribution in [1.29, 1.82) is 0 Å². The van der Waals surface area contributed by atoms with Crippen molar-refractivity contribution in [2.75, 3.05) is 0 Å². The fourth-order valence-corrected chi connectivity index (χ4v) is 1.77. The molecule has 1 heterocycles. The molecule has 0 aliphatic rings. The van der Waals surface area contributed by atoms with Crippen LogP contribution in [0.15, 0.2) is 24.4 Å². The maximum atomic E-state index is 10.3. The van der Waals surface area contributed by atoms with Crippen molar-refractivity contribution in [3.63, 3.8) is 0 Å². The Morgan fingerprint density at radius 3 is 2.87 bits per heavy atom. The Morgan fingerprint density at radius 2 is 2.20 bits per heavy atom. The monoisotopic (exact) mass is 203 g/mol. The smallest absolute Gasteiger partial charge is 0.298 e. The topological polar surface area (TPSA) is 42.1 Å². The molecule has 2 rings (SSSR count). The Balaban J connectivity index is 2.63. The normalized spacial score (nSPS) is 10.9. The summed E-state index contributed by atoms with van der Waals surface area (Å²) >= 11 is 0. The maximum Gasteiger partial charge on any atom is 0.298 e. The van der Waals surface area contributed by atoms with E-state index in [1.165, 1.54) is 10.9 Å². The van der Waals surface area contributed by atoms with E-state index in [2.05, 4.69) is 18.8 Å². The summed E-state index contributed by atoms with van der Waals surface area (Å²) in [5.41, 5.74) is 2.18. The standard InChI is InChI=1S/C12H13NO2/c1-8(2)11-5-9(15-7-14)6-12-10(11)3-4-13-12/h3-8,13H,1-2H3. The second kappa shape index (κ2) is 3.77. The van der Waals surface area contributed by atoms with Crippen molar-refractivity contribution < 1.29 is 9.53 Å². The van der Waals surface area contributed by atoms with Crippen LogP contribution in [-0.4, -0.2) is 11.5 Å². The predicted molar refractivity (Wildman–Crippen MR) is 59.1 cm³/mol. The van der Waals surface area contributed by atoms with Gasteiger partial charge >= 0.3 is 0 Å². The summed E-state index contributed by atoms with van der Waals surface area (Å²) in [7, 11) is 0. The lowest BCUT2D eigenvalue weighted by molar-refractivity contribution is -0.120. The Morgan fingerprint density at radius 1 is 1.40 bits per heavy atom. The minimum absolute atomic E-state index is 0.401. The van der Waals surface area contributed by atoms with Gasteiger partial charge in [0.15, 0.2) is 0 Å². The number of fused-ring (bicyclic) bond motifs is 1. The average molecular weight is 203 g/mol. The van der Waals surface area contributed by atoms with Crippen LogP contribution in [0.2, 0.25) is 0 Å². The number of rotatable bonds is 3. The SMILES string of the molecule is CC(C)c1cc(OC=O)cc2[nH]ccc12. The van der Waals surface area contributed by atoms with E-state index < -0.39 is 0 Å². The van der Waals surface area contributed by atoms with Crippen molar-refractivity contribution >= 4 is 17.4 Å². The Bertz CT molecular complexity index is 485. The lowest BCUT2D eigenvalue weighted by Gasteiger charge is -2.09. The summed E-state index contributed by atoms with van der Waals surface area (Å²) in [6.45, 7) is 4.69. The van der Waals surface area contributed by atoms with E-state index in [1.807, 2.05) is 24.4 Å². The average Bonchev–Trinajstić information content (AvgIpc) is 2.64. The van der Waals surface area contributed by atoms with Crippen molar-refractivity contribution in [2.24, 2.45) is 0 Å². The number of benzene rings is 1. The van der Waals surface area contributed by atoms with Gasteiger partial charge in [-0.1, -0.05) is 13.8 Å². The van der Waals surface area contributed by atoms with Gasteiger partial charge in [0.1, 0.15) is 5.75 Å². The molecule has 0 unspecified atom stereocenters. The number of H-pyrrole nitrogens is 1. The molecular formula is C12H13NO2. The number of hydrogen-bond acceptors (Lipinski definition) is 2. The fraction of sp³-hybridized carbons (Fsp3) is 0.250. The first-order valence-electron chi connectivity index (χ1n) is 4.93. The van der Waals surface area contributed by atoms with Crippen LogP contribution in [0, 0.1) is 0 Å². The molecule has 1 aromatic heterocycles. The summed E-state index contributed by atoms with van der Waals surface area (Å²) in [6, 6.07) is 5.78. The molecule has 3 heteroatoms. The Labute approximate surface area is 88.1 Å². The van der Waals surface area contributed by atoms with Crippen LogP contribution >= 0.6 is 0 Å². The molecule has 0 radical (unpaired) electrons. The van der Waals surface area contributed by atoms with Crippen LogP contribution in [0.3, 0.4) is 0 Å². The lowest BCUT2D eigenvalue weighted by Crippen LogP contribution is -1.93. The summed E-state index contributed by atoms with van der Waals surface area (Å²) in [6.07, 6.45) is 1.89. The van der Waals surface area contributed by atoms with Gasteiger partial charge in [-0.15, -0.1) is 0 Å². The van der Waals surface area contributed by atoms with Crippen LogP contribution < -0.4 is 4.74 Å². The van der Waals surface area contributed by atoms with Gasteiger partial charge in [0.05, 0.1) is 0 Å². The summed E-state index contributed by atoms with van der Waals surface area (Å²) in [4.78, 5) is 13.4. The maximum absolute atomic E-state index is 10.3. The predicted octanol–water partition coefficient (Wildman–Crippen LogP) is 2.83. The number of hydrogen-bond donors (Lipinski definition) is 1. The molecule has 15 heavy (non-hydrogen) atoms. The zero-order valence-electron chi connectivity index (χ0n) is 8.78. The fourth-order valence-electron chi connectivity index (χ4n) is 1.77. The largest absolute Gasteiger partial charge is 0.429 e.